The van der Waals surface area contributed by atoms with Gasteiger partial charge >= 0.3 is 7.82 Å². The first-order chi connectivity index (χ1) is 30.5. The highest BCUT2D eigenvalue weighted by Gasteiger charge is 2.27. The molecule has 1 amide bonds. The SMILES string of the molecule is CCCCCCCCCCCCCCC/C=C/C(O)C(COP(=O)(O)OCC[N+](C)(C)C)NC(=O)CCCCCCCCCCCCCCCCCCCCCCCCCCCC. The van der Waals surface area contributed by atoms with Crippen molar-refractivity contribution in [3.05, 3.63) is 12.2 Å². The Hall–Kier alpha value is -0.760. The number of quaternary nitrogens is 1. The van der Waals surface area contributed by atoms with Crippen LogP contribution in [-0.2, 0) is 18.4 Å². The lowest BCUT2D eigenvalue weighted by atomic mass is 10.0. The van der Waals surface area contributed by atoms with Crippen molar-refractivity contribution in [2.45, 2.75) is 289 Å². The number of amides is 1. The number of allylic oxidation sites excluding steroid dienone is 1. The van der Waals surface area contributed by atoms with Crippen molar-refractivity contribution in [3.63, 3.8) is 0 Å². The number of carbonyl (C=O) groups is 1. The summed E-state index contributed by atoms with van der Waals surface area (Å²) in [5.74, 6) is -0.171. The van der Waals surface area contributed by atoms with Gasteiger partial charge < -0.3 is 19.8 Å². The summed E-state index contributed by atoms with van der Waals surface area (Å²) in [4.78, 5) is 23.2. The van der Waals surface area contributed by atoms with Crippen molar-refractivity contribution < 1.29 is 32.9 Å². The van der Waals surface area contributed by atoms with Crippen LogP contribution in [0.5, 0.6) is 0 Å². The zero-order valence-electron chi connectivity index (χ0n) is 42.8. The molecule has 0 fully saturated rings. The van der Waals surface area contributed by atoms with Gasteiger partial charge in [-0.05, 0) is 19.3 Å². The molecule has 0 bridgehead atoms. The fourth-order valence-electron chi connectivity index (χ4n) is 8.40. The summed E-state index contributed by atoms with van der Waals surface area (Å²) in [6, 6.07) is -0.841. The molecule has 0 aromatic rings. The summed E-state index contributed by atoms with van der Waals surface area (Å²) in [5, 5.41) is 13.9. The Kier molecular flexibility index (Phi) is 45.8. The van der Waals surface area contributed by atoms with Gasteiger partial charge in [0.25, 0.3) is 0 Å². The second-order valence-corrected chi connectivity index (χ2v) is 21.8. The number of hydrogen-bond acceptors (Lipinski definition) is 5. The Morgan fingerprint density at radius 2 is 0.841 bits per heavy atom. The zero-order chi connectivity index (χ0) is 46.4. The van der Waals surface area contributed by atoms with E-state index in [9.17, 15) is 19.4 Å². The fourth-order valence-corrected chi connectivity index (χ4v) is 9.13. The van der Waals surface area contributed by atoms with Crippen molar-refractivity contribution in [2.24, 2.45) is 0 Å². The van der Waals surface area contributed by atoms with Crippen LogP contribution in [0.4, 0.5) is 0 Å². The molecule has 0 aromatic carbocycles. The number of nitrogens with one attached hydrogen (secondary N) is 1. The van der Waals surface area contributed by atoms with Crippen LogP contribution in [0.1, 0.15) is 277 Å². The molecule has 376 valence electrons. The molecular weight excluding hydrogens is 804 g/mol. The molecule has 0 aliphatic heterocycles. The van der Waals surface area contributed by atoms with Crippen molar-refractivity contribution in [1.29, 1.82) is 0 Å². The number of unbranched alkanes of at least 4 members (excludes halogenated alkanes) is 38. The van der Waals surface area contributed by atoms with E-state index in [4.69, 9.17) is 9.05 Å². The quantitative estimate of drug-likeness (QED) is 0.0243. The summed E-state index contributed by atoms with van der Waals surface area (Å²) < 4.78 is 23.7. The molecule has 3 unspecified atom stereocenters. The summed E-state index contributed by atoms with van der Waals surface area (Å²) in [6.07, 6.45) is 55.9. The Bertz CT molecular complexity index is 1040. The number of hydrogen-bond donors (Lipinski definition) is 3. The molecule has 3 atom stereocenters. The van der Waals surface area contributed by atoms with Gasteiger partial charge in [0.1, 0.15) is 13.2 Å². The van der Waals surface area contributed by atoms with Crippen LogP contribution >= 0.6 is 7.82 Å². The summed E-state index contributed by atoms with van der Waals surface area (Å²) >= 11 is 0. The third kappa shape index (κ3) is 49.0. The monoisotopic (exact) mass is 914 g/mol. The van der Waals surface area contributed by atoms with E-state index in [2.05, 4.69) is 19.2 Å². The highest BCUT2D eigenvalue weighted by atomic mass is 31.2. The van der Waals surface area contributed by atoms with E-state index in [-0.39, 0.29) is 19.1 Å². The van der Waals surface area contributed by atoms with Gasteiger partial charge in [-0.2, -0.15) is 0 Å². The Morgan fingerprint density at radius 3 is 1.17 bits per heavy atom. The van der Waals surface area contributed by atoms with Crippen LogP contribution in [-0.4, -0.2) is 73.4 Å². The van der Waals surface area contributed by atoms with Crippen molar-refractivity contribution in [3.8, 4) is 0 Å². The number of aliphatic hydroxyl groups is 1. The lowest BCUT2D eigenvalue weighted by molar-refractivity contribution is -0.870. The minimum Gasteiger partial charge on any atom is -0.387 e. The molecule has 0 saturated carbocycles. The second kappa shape index (κ2) is 46.4. The maximum absolute atomic E-state index is 12.9. The van der Waals surface area contributed by atoms with Gasteiger partial charge in [-0.3, -0.25) is 13.8 Å². The van der Waals surface area contributed by atoms with Gasteiger partial charge in [0, 0.05) is 6.42 Å². The summed E-state index contributed by atoms with van der Waals surface area (Å²) in [5.41, 5.74) is 0. The van der Waals surface area contributed by atoms with E-state index in [0.29, 0.717) is 17.4 Å². The summed E-state index contributed by atoms with van der Waals surface area (Å²) in [7, 11) is 1.59. The van der Waals surface area contributed by atoms with E-state index in [1.54, 1.807) is 6.08 Å². The molecule has 0 heterocycles. The molecule has 0 radical (unpaired) electrons. The third-order valence-corrected chi connectivity index (χ3v) is 13.7. The predicted molar refractivity (Wildman–Crippen MR) is 272 cm³/mol. The van der Waals surface area contributed by atoms with Crippen LogP contribution in [0.25, 0.3) is 0 Å². The number of phosphoric acid groups is 1. The van der Waals surface area contributed by atoms with E-state index in [1.165, 1.54) is 225 Å². The first kappa shape index (κ1) is 62.2. The minimum atomic E-state index is -4.34. The molecular formula is C54H110N2O6P+. The summed E-state index contributed by atoms with van der Waals surface area (Å²) in [6.45, 7) is 4.85. The average molecular weight is 914 g/mol. The van der Waals surface area contributed by atoms with Gasteiger partial charge in [0.15, 0.2) is 0 Å². The zero-order valence-corrected chi connectivity index (χ0v) is 43.7. The smallest absolute Gasteiger partial charge is 0.387 e. The topological polar surface area (TPSA) is 105 Å². The standard InChI is InChI=1S/C54H109N2O6P/c1-6-8-10-12-14-16-18-20-22-23-24-25-26-27-28-29-30-31-32-34-36-38-40-42-44-46-48-54(58)55-52(51-62-63(59,60)61-50-49-56(3,4)5)53(57)47-45-43-41-39-37-35-33-21-19-17-15-13-11-9-7-2/h45,47,52-53,57H,6-44,46,48-51H2,1-5H3,(H-,55,58,59,60)/p+1/b47-45+. The Morgan fingerprint density at radius 1 is 0.524 bits per heavy atom. The molecule has 0 saturated heterocycles. The van der Waals surface area contributed by atoms with Gasteiger partial charge in [-0.1, -0.05) is 264 Å². The molecule has 0 aliphatic rings. The van der Waals surface area contributed by atoms with Gasteiger partial charge in [0.05, 0.1) is 39.9 Å². The fraction of sp³-hybridized carbons (Fsp3) is 0.944. The molecule has 3 N–H and O–H groups in total. The van der Waals surface area contributed by atoms with Crippen LogP contribution in [0.2, 0.25) is 0 Å². The first-order valence-corrected chi connectivity index (χ1v) is 29.1. The van der Waals surface area contributed by atoms with Crippen molar-refractivity contribution >= 4 is 13.7 Å². The normalized spacial score (nSPS) is 14.1. The van der Waals surface area contributed by atoms with Crippen LogP contribution in [0, 0.1) is 0 Å². The number of carbonyl (C=O) groups excluding carboxylic acids is 1. The molecule has 9 heteroatoms. The first-order valence-electron chi connectivity index (χ1n) is 27.6. The van der Waals surface area contributed by atoms with E-state index < -0.39 is 20.0 Å². The van der Waals surface area contributed by atoms with Crippen molar-refractivity contribution in [2.75, 3.05) is 40.9 Å². The van der Waals surface area contributed by atoms with E-state index >= 15 is 0 Å². The Balaban J connectivity index is 4.13. The maximum Gasteiger partial charge on any atom is 0.472 e. The molecule has 63 heavy (non-hydrogen) atoms. The largest absolute Gasteiger partial charge is 0.472 e. The highest BCUT2D eigenvalue weighted by Crippen LogP contribution is 2.43. The molecule has 0 spiro atoms. The lowest BCUT2D eigenvalue weighted by Gasteiger charge is -2.25. The molecule has 0 rings (SSSR count). The number of rotatable bonds is 51. The maximum atomic E-state index is 12.9. The Labute approximate surface area is 392 Å². The highest BCUT2D eigenvalue weighted by molar-refractivity contribution is 7.47. The number of nitrogens with zero attached hydrogens (tertiary/aromatic N) is 1. The predicted octanol–water partition coefficient (Wildman–Crippen LogP) is 16.3. The second-order valence-electron chi connectivity index (χ2n) is 20.3. The third-order valence-electron chi connectivity index (χ3n) is 12.8. The van der Waals surface area contributed by atoms with Crippen LogP contribution in [0.3, 0.4) is 0 Å². The molecule has 0 aromatic heterocycles. The van der Waals surface area contributed by atoms with Gasteiger partial charge in [0.2, 0.25) is 5.91 Å². The van der Waals surface area contributed by atoms with Crippen molar-refractivity contribution in [1.82, 2.24) is 5.32 Å². The number of likely N-dealkylation sites (N-methyl/N-ethyl adjacent to an activating group) is 1. The number of phosphoric ester groups is 1. The minimum absolute atomic E-state index is 0.0650. The lowest BCUT2D eigenvalue weighted by Crippen LogP contribution is -2.45. The van der Waals surface area contributed by atoms with E-state index in [0.717, 1.165) is 32.1 Å². The van der Waals surface area contributed by atoms with Gasteiger partial charge in [-0.25, -0.2) is 4.57 Å². The van der Waals surface area contributed by atoms with Gasteiger partial charge in [-0.15, -0.1) is 0 Å². The average Bonchev–Trinajstić information content (AvgIpc) is 3.24. The molecule has 0 aliphatic carbocycles. The molecule has 8 nitrogen and oxygen atoms in total. The van der Waals surface area contributed by atoms with Crippen LogP contribution < -0.4 is 5.32 Å². The van der Waals surface area contributed by atoms with E-state index in [1.807, 2.05) is 27.2 Å². The van der Waals surface area contributed by atoms with Crippen LogP contribution in [0.15, 0.2) is 12.2 Å². The number of aliphatic hydroxyl groups excluding tert-OH is 1.